The summed E-state index contributed by atoms with van der Waals surface area (Å²) in [5.41, 5.74) is -0.265. The lowest BCUT2D eigenvalue weighted by Gasteiger charge is -2.25. The summed E-state index contributed by atoms with van der Waals surface area (Å²) < 4.78 is 4.96. The van der Waals surface area contributed by atoms with Gasteiger partial charge in [0, 0.05) is 11.3 Å². The molecule has 2 atom stereocenters. The molecule has 2 unspecified atom stereocenters. The highest BCUT2D eigenvalue weighted by Crippen LogP contribution is 2.37. The molecular weight excluding hydrogens is 278 g/mol. The van der Waals surface area contributed by atoms with Crippen LogP contribution in [-0.4, -0.2) is 28.6 Å². The molecule has 0 amide bonds. The molecule has 6 heteroatoms. The number of carbonyl (C=O) groups is 2. The van der Waals surface area contributed by atoms with Crippen molar-refractivity contribution in [3.8, 4) is 0 Å². The second-order valence-corrected chi connectivity index (χ2v) is 6.22. The molecule has 0 spiro atoms. The van der Waals surface area contributed by atoms with Crippen LogP contribution < -0.4 is 0 Å². The maximum Gasteiger partial charge on any atom is 0.314 e. The number of carbonyl (C=O) groups excluding carboxylic acids is 1. The van der Waals surface area contributed by atoms with Crippen LogP contribution in [0, 0.1) is 5.41 Å². The Kier molecular flexibility index (Phi) is 5.28. The van der Waals surface area contributed by atoms with Crippen molar-refractivity contribution in [1.29, 1.82) is 0 Å². The van der Waals surface area contributed by atoms with Crippen molar-refractivity contribution in [1.82, 2.24) is 4.98 Å². The molecular formula is C14H21NO4S. The van der Waals surface area contributed by atoms with E-state index in [4.69, 9.17) is 4.74 Å². The lowest BCUT2D eigenvalue weighted by Crippen LogP contribution is -2.29. The van der Waals surface area contributed by atoms with E-state index in [0.29, 0.717) is 12.3 Å². The molecule has 1 rings (SSSR count). The lowest BCUT2D eigenvalue weighted by atomic mass is 9.80. The van der Waals surface area contributed by atoms with E-state index in [1.54, 1.807) is 33.1 Å². The van der Waals surface area contributed by atoms with Crippen molar-refractivity contribution >= 4 is 23.3 Å². The van der Waals surface area contributed by atoms with E-state index in [-0.39, 0.29) is 11.9 Å². The topological polar surface area (TPSA) is 76.5 Å². The van der Waals surface area contributed by atoms with Gasteiger partial charge >= 0.3 is 11.9 Å². The fourth-order valence-electron chi connectivity index (χ4n) is 1.58. The van der Waals surface area contributed by atoms with E-state index in [2.05, 4.69) is 4.98 Å². The van der Waals surface area contributed by atoms with Gasteiger partial charge in [-0.05, 0) is 27.7 Å². The Balaban J connectivity index is 2.92. The summed E-state index contributed by atoms with van der Waals surface area (Å²) in [6.45, 7) is 9.03. The SMILES string of the molecule is CCOC(=O)C(C)c1csc(C(C)C(C)(C)C(=O)O)n1. The van der Waals surface area contributed by atoms with Crippen molar-refractivity contribution in [2.24, 2.45) is 5.41 Å². The Morgan fingerprint density at radius 1 is 1.45 bits per heavy atom. The van der Waals surface area contributed by atoms with Gasteiger partial charge in [0.2, 0.25) is 0 Å². The molecule has 0 fully saturated rings. The molecule has 0 bridgehead atoms. The van der Waals surface area contributed by atoms with E-state index in [0.717, 1.165) is 5.01 Å². The summed E-state index contributed by atoms with van der Waals surface area (Å²) in [7, 11) is 0. The standard InChI is InChI=1S/C14H21NO4S/c1-6-19-12(16)8(2)10-7-20-11(15-10)9(3)14(4,5)13(17)18/h7-9H,6H2,1-5H3,(H,17,18). The zero-order valence-corrected chi connectivity index (χ0v) is 13.3. The van der Waals surface area contributed by atoms with E-state index in [9.17, 15) is 14.7 Å². The number of hydrogen-bond donors (Lipinski definition) is 1. The van der Waals surface area contributed by atoms with E-state index in [1.807, 2.05) is 6.92 Å². The second-order valence-electron chi connectivity index (χ2n) is 5.33. The first kappa shape index (κ1) is 16.6. The first-order chi connectivity index (χ1) is 9.21. The molecule has 1 aromatic heterocycles. The molecule has 0 aliphatic carbocycles. The molecule has 0 aliphatic rings. The molecule has 20 heavy (non-hydrogen) atoms. The van der Waals surface area contributed by atoms with Crippen molar-refractivity contribution < 1.29 is 19.4 Å². The van der Waals surface area contributed by atoms with Crippen LogP contribution in [0.15, 0.2) is 5.38 Å². The number of nitrogens with zero attached hydrogens (tertiary/aromatic N) is 1. The number of hydrogen-bond acceptors (Lipinski definition) is 5. The largest absolute Gasteiger partial charge is 0.481 e. The van der Waals surface area contributed by atoms with Gasteiger partial charge in [0.1, 0.15) is 0 Å². The molecule has 0 saturated carbocycles. The normalized spacial score (nSPS) is 14.7. The Morgan fingerprint density at radius 2 is 2.05 bits per heavy atom. The van der Waals surface area contributed by atoms with Gasteiger partial charge in [-0.3, -0.25) is 9.59 Å². The van der Waals surface area contributed by atoms with Gasteiger partial charge in [-0.1, -0.05) is 6.92 Å². The van der Waals surface area contributed by atoms with Crippen LogP contribution in [-0.2, 0) is 14.3 Å². The number of thiazole rings is 1. The number of esters is 1. The highest BCUT2D eigenvalue weighted by Gasteiger charge is 2.36. The predicted molar refractivity (Wildman–Crippen MR) is 77.0 cm³/mol. The summed E-state index contributed by atoms with van der Waals surface area (Å²) in [6.07, 6.45) is 0. The third kappa shape index (κ3) is 3.36. The number of carboxylic acid groups (broad SMARTS) is 1. The Hall–Kier alpha value is -1.43. The van der Waals surface area contributed by atoms with Gasteiger partial charge in [0.15, 0.2) is 0 Å². The number of carboxylic acids is 1. The predicted octanol–water partition coefficient (Wildman–Crippen LogP) is 3.02. The summed E-state index contributed by atoms with van der Waals surface area (Å²) in [5.74, 6) is -1.83. The number of aromatic nitrogens is 1. The molecule has 1 aromatic rings. The van der Waals surface area contributed by atoms with E-state index in [1.165, 1.54) is 11.3 Å². The molecule has 0 aliphatic heterocycles. The monoisotopic (exact) mass is 299 g/mol. The van der Waals surface area contributed by atoms with Crippen LogP contribution in [0.3, 0.4) is 0 Å². The molecule has 1 heterocycles. The maximum absolute atomic E-state index is 11.7. The van der Waals surface area contributed by atoms with Crippen LogP contribution in [0.1, 0.15) is 57.2 Å². The average molecular weight is 299 g/mol. The summed E-state index contributed by atoms with van der Waals surface area (Å²) >= 11 is 1.38. The zero-order chi connectivity index (χ0) is 15.5. The highest BCUT2D eigenvalue weighted by molar-refractivity contribution is 7.09. The van der Waals surface area contributed by atoms with E-state index >= 15 is 0 Å². The van der Waals surface area contributed by atoms with Crippen LogP contribution in [0.5, 0.6) is 0 Å². The summed E-state index contributed by atoms with van der Waals surface area (Å²) in [6, 6.07) is 0. The smallest absolute Gasteiger partial charge is 0.314 e. The minimum Gasteiger partial charge on any atom is -0.481 e. The minimum absolute atomic E-state index is 0.229. The van der Waals surface area contributed by atoms with Crippen molar-refractivity contribution in [2.75, 3.05) is 6.61 Å². The number of aliphatic carboxylic acids is 1. The van der Waals surface area contributed by atoms with Gasteiger partial charge in [-0.15, -0.1) is 11.3 Å². The van der Waals surface area contributed by atoms with Gasteiger partial charge in [-0.2, -0.15) is 0 Å². The van der Waals surface area contributed by atoms with Crippen LogP contribution in [0.2, 0.25) is 0 Å². The minimum atomic E-state index is -0.901. The first-order valence-electron chi connectivity index (χ1n) is 6.57. The third-order valence-corrected chi connectivity index (χ3v) is 4.67. The Bertz CT molecular complexity index is 495. The zero-order valence-electron chi connectivity index (χ0n) is 12.5. The quantitative estimate of drug-likeness (QED) is 0.817. The number of rotatable bonds is 6. The van der Waals surface area contributed by atoms with Crippen LogP contribution in [0.25, 0.3) is 0 Å². The lowest BCUT2D eigenvalue weighted by molar-refractivity contribution is -0.148. The molecule has 5 nitrogen and oxygen atoms in total. The maximum atomic E-state index is 11.7. The van der Waals surface area contributed by atoms with Gasteiger partial charge in [0.05, 0.1) is 28.6 Å². The Labute approximate surface area is 123 Å². The van der Waals surface area contributed by atoms with Crippen LogP contribution in [0.4, 0.5) is 0 Å². The van der Waals surface area contributed by atoms with Gasteiger partial charge in [0.25, 0.3) is 0 Å². The molecule has 112 valence electrons. The van der Waals surface area contributed by atoms with Gasteiger partial charge in [-0.25, -0.2) is 4.98 Å². The average Bonchev–Trinajstić information content (AvgIpc) is 2.86. The van der Waals surface area contributed by atoms with E-state index < -0.39 is 17.3 Å². The van der Waals surface area contributed by atoms with Crippen molar-refractivity contribution in [3.63, 3.8) is 0 Å². The molecule has 0 saturated heterocycles. The van der Waals surface area contributed by atoms with Crippen molar-refractivity contribution in [3.05, 3.63) is 16.1 Å². The second kappa shape index (κ2) is 6.35. The third-order valence-electron chi connectivity index (χ3n) is 3.63. The fourth-order valence-corrected chi connectivity index (χ4v) is 2.74. The summed E-state index contributed by atoms with van der Waals surface area (Å²) in [5, 5.41) is 11.8. The van der Waals surface area contributed by atoms with Crippen molar-refractivity contribution in [2.45, 2.75) is 46.5 Å². The summed E-state index contributed by atoms with van der Waals surface area (Å²) in [4.78, 5) is 27.4. The molecule has 0 aromatic carbocycles. The Morgan fingerprint density at radius 3 is 2.55 bits per heavy atom. The number of ether oxygens (including phenoxy) is 1. The fraction of sp³-hybridized carbons (Fsp3) is 0.643. The van der Waals surface area contributed by atoms with Crippen LogP contribution >= 0.6 is 11.3 Å². The molecule has 1 N–H and O–H groups in total. The molecule has 0 radical (unpaired) electrons. The highest BCUT2D eigenvalue weighted by atomic mass is 32.1. The first-order valence-corrected chi connectivity index (χ1v) is 7.45. The van der Waals surface area contributed by atoms with Gasteiger partial charge < -0.3 is 9.84 Å².